The SMILES string of the molecule is C[C@H]1[C@H]([Si](C)(C)F)[C@@H](CCn2cc(C(CO)c3ccccc3)nn2)O[C@]12C(=O)N(Cc1ccc(N3CCC3=O)cc1)c1ccc([N+](=O)[O-])cc12. The Balaban J connectivity index is 1.19. The maximum atomic E-state index is 16.4. The first-order valence-electron chi connectivity index (χ1n) is 16.8. The van der Waals surface area contributed by atoms with Crippen molar-refractivity contribution in [3.8, 4) is 0 Å². The standard InChI is InChI=1S/C36H39FN6O6Si/c1-23-34(50(2,3)37)32(15-17-40-21-30(38-39-40)28(22-44)25-7-5-4-6-8-25)49-36(23)29-19-27(43(47)48)13-14-31(29)42(35(36)46)20-24-9-11-26(12-10-24)41-18-16-33(41)45/h4-14,19,21,23,28,32,34,44H,15-18,20,22H2,1-3H3/t23-,28?,32+,34-,36+/m0/s1. The molecule has 0 radical (unpaired) electrons. The maximum absolute atomic E-state index is 16.4. The zero-order valence-corrected chi connectivity index (χ0v) is 29.1. The van der Waals surface area contributed by atoms with Gasteiger partial charge >= 0.3 is 0 Å². The summed E-state index contributed by atoms with van der Waals surface area (Å²) in [6.45, 7) is 6.04. The number of fused-ring (bicyclic) bond motifs is 2. The first-order valence-corrected chi connectivity index (χ1v) is 19.8. The summed E-state index contributed by atoms with van der Waals surface area (Å²) in [6.07, 6.45) is 1.92. The molecule has 260 valence electrons. The lowest BCUT2D eigenvalue weighted by Crippen LogP contribution is -2.45. The molecule has 3 aromatic carbocycles. The number of hydrogen-bond donors (Lipinski definition) is 1. The summed E-state index contributed by atoms with van der Waals surface area (Å²) in [5, 5.41) is 30.7. The quantitative estimate of drug-likeness (QED) is 0.0716. The van der Waals surface area contributed by atoms with E-state index in [0.717, 1.165) is 16.8 Å². The van der Waals surface area contributed by atoms with Crippen molar-refractivity contribution >= 4 is 37.3 Å². The molecule has 1 unspecified atom stereocenters. The van der Waals surface area contributed by atoms with E-state index in [1.807, 2.05) is 61.5 Å². The molecule has 1 spiro atoms. The topological polar surface area (TPSA) is 144 Å². The second kappa shape index (κ2) is 12.8. The van der Waals surface area contributed by atoms with Crippen LogP contribution in [0.3, 0.4) is 0 Å². The average Bonchev–Trinajstić information content (AvgIpc) is 3.74. The number of carbonyl (C=O) groups is 2. The number of rotatable bonds is 11. The highest BCUT2D eigenvalue weighted by atomic mass is 28.4. The number of β-lactam (4-membered cyclic amide) rings is 1. The van der Waals surface area contributed by atoms with Crippen LogP contribution in [0.15, 0.2) is 79.0 Å². The zero-order valence-electron chi connectivity index (χ0n) is 28.1. The summed E-state index contributed by atoms with van der Waals surface area (Å²) in [6, 6.07) is 21.3. The van der Waals surface area contributed by atoms with Crippen molar-refractivity contribution in [2.45, 2.75) is 69.1 Å². The molecule has 2 fully saturated rings. The Kier molecular flexibility index (Phi) is 8.64. The van der Waals surface area contributed by atoms with Crippen LogP contribution in [0.5, 0.6) is 0 Å². The number of aryl methyl sites for hydroxylation is 1. The number of benzene rings is 3. The molecule has 12 nitrogen and oxygen atoms in total. The van der Waals surface area contributed by atoms with E-state index in [9.17, 15) is 24.8 Å². The highest BCUT2D eigenvalue weighted by molar-refractivity contribution is 6.72. The first-order chi connectivity index (χ1) is 23.9. The van der Waals surface area contributed by atoms with E-state index in [1.54, 1.807) is 39.8 Å². The minimum Gasteiger partial charge on any atom is -0.395 e. The van der Waals surface area contributed by atoms with Gasteiger partial charge < -0.3 is 23.8 Å². The van der Waals surface area contributed by atoms with Crippen molar-refractivity contribution in [2.75, 3.05) is 23.0 Å². The maximum Gasteiger partial charge on any atom is 0.269 e. The lowest BCUT2D eigenvalue weighted by molar-refractivity contribution is -0.385. The molecule has 3 aliphatic heterocycles. The number of hydrogen-bond acceptors (Lipinski definition) is 8. The van der Waals surface area contributed by atoms with Gasteiger partial charge in [-0.3, -0.25) is 24.4 Å². The van der Waals surface area contributed by atoms with Crippen LogP contribution < -0.4 is 9.80 Å². The van der Waals surface area contributed by atoms with Gasteiger partial charge in [0.2, 0.25) is 14.3 Å². The van der Waals surface area contributed by atoms with E-state index in [2.05, 4.69) is 10.3 Å². The van der Waals surface area contributed by atoms with Crippen molar-refractivity contribution in [2.24, 2.45) is 5.92 Å². The number of aliphatic hydroxyl groups is 1. The predicted octanol–water partition coefficient (Wildman–Crippen LogP) is 5.46. The Labute approximate surface area is 289 Å². The van der Waals surface area contributed by atoms with Gasteiger partial charge in [0.25, 0.3) is 11.6 Å². The molecule has 4 heterocycles. The van der Waals surface area contributed by atoms with Gasteiger partial charge in [0.15, 0.2) is 5.60 Å². The van der Waals surface area contributed by atoms with Gasteiger partial charge in [0.05, 0.1) is 41.5 Å². The largest absolute Gasteiger partial charge is 0.395 e. The van der Waals surface area contributed by atoms with Gasteiger partial charge in [-0.05, 0) is 48.8 Å². The molecular formula is C36H39FN6O6Si. The molecule has 14 heteroatoms. The molecule has 0 saturated carbocycles. The van der Waals surface area contributed by atoms with Gasteiger partial charge in [0.1, 0.15) is 0 Å². The van der Waals surface area contributed by atoms with Gasteiger partial charge in [-0.2, -0.15) is 0 Å². The number of non-ortho nitro benzene ring substituents is 1. The molecular weight excluding hydrogens is 660 g/mol. The summed E-state index contributed by atoms with van der Waals surface area (Å²) in [7, 11) is -3.49. The fourth-order valence-electron chi connectivity index (χ4n) is 8.02. The summed E-state index contributed by atoms with van der Waals surface area (Å²) in [4.78, 5) is 41.4. The molecule has 5 atom stereocenters. The van der Waals surface area contributed by atoms with Crippen LogP contribution in [0.2, 0.25) is 18.6 Å². The number of anilines is 2. The van der Waals surface area contributed by atoms with Gasteiger partial charge in [-0.1, -0.05) is 54.6 Å². The van der Waals surface area contributed by atoms with E-state index in [-0.39, 0.29) is 36.6 Å². The van der Waals surface area contributed by atoms with E-state index in [1.165, 1.54) is 12.1 Å². The van der Waals surface area contributed by atoms with Crippen LogP contribution in [-0.2, 0) is 33.0 Å². The normalized spacial score (nSPS) is 23.7. The number of aromatic nitrogens is 3. The Morgan fingerprint density at radius 1 is 1.12 bits per heavy atom. The number of carbonyl (C=O) groups excluding carboxylic acids is 2. The summed E-state index contributed by atoms with van der Waals surface area (Å²) in [5.41, 5.74) is 1.53. The summed E-state index contributed by atoms with van der Waals surface area (Å²) in [5.74, 6) is -1.30. The van der Waals surface area contributed by atoms with Crippen LogP contribution >= 0.6 is 0 Å². The zero-order chi connectivity index (χ0) is 35.4. The fourth-order valence-corrected chi connectivity index (χ4v) is 10.6. The number of nitrogens with zero attached hydrogens (tertiary/aromatic N) is 6. The van der Waals surface area contributed by atoms with Gasteiger partial charge in [-0.15, -0.1) is 5.10 Å². The van der Waals surface area contributed by atoms with E-state index < -0.39 is 36.5 Å². The van der Waals surface area contributed by atoms with Crippen molar-refractivity contribution in [1.29, 1.82) is 0 Å². The predicted molar refractivity (Wildman–Crippen MR) is 186 cm³/mol. The number of amides is 2. The minimum atomic E-state index is -3.49. The van der Waals surface area contributed by atoms with E-state index in [0.29, 0.717) is 42.9 Å². The molecule has 2 saturated heterocycles. The van der Waals surface area contributed by atoms with Gasteiger partial charge in [0, 0.05) is 60.5 Å². The Morgan fingerprint density at radius 3 is 2.48 bits per heavy atom. The van der Waals surface area contributed by atoms with Crippen LogP contribution in [0, 0.1) is 16.0 Å². The molecule has 0 bridgehead atoms. The second-order valence-electron chi connectivity index (χ2n) is 13.9. The minimum absolute atomic E-state index is 0.0616. The Hall–Kier alpha value is -4.79. The van der Waals surface area contributed by atoms with Crippen LogP contribution in [0.4, 0.5) is 21.2 Å². The third-order valence-corrected chi connectivity index (χ3v) is 13.0. The summed E-state index contributed by atoms with van der Waals surface area (Å²) < 4.78 is 24.8. The molecule has 1 N–H and O–H groups in total. The number of nitro groups is 1. The third kappa shape index (κ3) is 5.70. The molecule has 0 aliphatic carbocycles. The van der Waals surface area contributed by atoms with Crippen molar-refractivity contribution in [3.05, 3.63) is 111 Å². The monoisotopic (exact) mass is 698 g/mol. The highest BCUT2D eigenvalue weighted by Crippen LogP contribution is 2.60. The molecule has 50 heavy (non-hydrogen) atoms. The number of nitro benzene ring substituents is 1. The lowest BCUT2D eigenvalue weighted by Gasteiger charge is -2.31. The molecule has 2 amide bonds. The van der Waals surface area contributed by atoms with E-state index >= 15 is 4.11 Å². The molecule has 7 rings (SSSR count). The number of halogens is 1. The third-order valence-electron chi connectivity index (χ3n) is 10.5. The Bertz CT molecular complexity index is 1940. The number of ether oxygens (including phenoxy) is 1. The molecule has 4 aromatic rings. The Morgan fingerprint density at radius 2 is 1.86 bits per heavy atom. The second-order valence-corrected chi connectivity index (χ2v) is 17.7. The molecule has 1 aromatic heterocycles. The van der Waals surface area contributed by atoms with Crippen molar-refractivity contribution in [1.82, 2.24) is 15.0 Å². The summed E-state index contributed by atoms with van der Waals surface area (Å²) >= 11 is 0. The first kappa shape index (κ1) is 33.7. The van der Waals surface area contributed by atoms with Crippen molar-refractivity contribution in [3.63, 3.8) is 0 Å². The molecule has 3 aliphatic rings. The van der Waals surface area contributed by atoms with Crippen LogP contribution in [-0.4, -0.2) is 64.5 Å². The van der Waals surface area contributed by atoms with Crippen LogP contribution in [0.1, 0.15) is 48.1 Å². The fraction of sp³-hybridized carbons (Fsp3) is 0.389. The smallest absolute Gasteiger partial charge is 0.269 e. The number of aliphatic hydroxyl groups excluding tert-OH is 1. The van der Waals surface area contributed by atoms with Crippen LogP contribution in [0.25, 0.3) is 0 Å². The highest BCUT2D eigenvalue weighted by Gasteiger charge is 2.66. The van der Waals surface area contributed by atoms with Gasteiger partial charge in [-0.25, -0.2) is 0 Å². The van der Waals surface area contributed by atoms with Crippen molar-refractivity contribution < 1.29 is 28.5 Å². The van der Waals surface area contributed by atoms with E-state index in [4.69, 9.17) is 4.74 Å². The average molecular weight is 699 g/mol. The lowest BCUT2D eigenvalue weighted by atomic mass is 9.82.